The van der Waals surface area contributed by atoms with Crippen molar-refractivity contribution < 1.29 is 14.8 Å². The van der Waals surface area contributed by atoms with Gasteiger partial charge in [0, 0.05) is 17.2 Å². The molecule has 0 heterocycles. The summed E-state index contributed by atoms with van der Waals surface area (Å²) in [6.45, 7) is 5.10. The van der Waals surface area contributed by atoms with Crippen molar-refractivity contribution in [3.05, 3.63) is 38.4 Å². The third kappa shape index (κ3) is 3.27. The van der Waals surface area contributed by atoms with Crippen LogP contribution >= 0.6 is 0 Å². The molecule has 1 aromatic rings. The summed E-state index contributed by atoms with van der Waals surface area (Å²) in [5.74, 6) is -0.264. The molecule has 120 valence electrons. The van der Waals surface area contributed by atoms with E-state index in [1.165, 1.54) is 0 Å². The van der Waals surface area contributed by atoms with E-state index in [-0.39, 0.29) is 23.7 Å². The zero-order valence-electron chi connectivity index (χ0n) is 13.2. The topological polar surface area (TPSA) is 92.5 Å². The fourth-order valence-corrected chi connectivity index (χ4v) is 3.28. The smallest absolute Gasteiger partial charge is 0.275 e. The van der Waals surface area contributed by atoms with E-state index in [4.69, 9.17) is 0 Å². The average molecular weight is 306 g/mol. The second kappa shape index (κ2) is 6.44. The van der Waals surface area contributed by atoms with Crippen molar-refractivity contribution in [1.82, 2.24) is 5.32 Å². The zero-order chi connectivity index (χ0) is 16.4. The van der Waals surface area contributed by atoms with Crippen LogP contribution in [0.2, 0.25) is 0 Å². The van der Waals surface area contributed by atoms with Gasteiger partial charge in [-0.2, -0.15) is 0 Å². The lowest BCUT2D eigenvalue weighted by molar-refractivity contribution is -0.386. The van der Waals surface area contributed by atoms with Crippen LogP contribution in [-0.2, 0) is 0 Å². The fourth-order valence-electron chi connectivity index (χ4n) is 3.28. The van der Waals surface area contributed by atoms with Crippen molar-refractivity contribution in [2.45, 2.75) is 58.6 Å². The van der Waals surface area contributed by atoms with Gasteiger partial charge in [0.25, 0.3) is 11.6 Å². The molecule has 0 spiro atoms. The van der Waals surface area contributed by atoms with Gasteiger partial charge in [0.15, 0.2) is 0 Å². The van der Waals surface area contributed by atoms with E-state index >= 15 is 0 Å². The number of hydrogen-bond acceptors (Lipinski definition) is 4. The summed E-state index contributed by atoms with van der Waals surface area (Å²) in [7, 11) is 0. The first kappa shape index (κ1) is 16.4. The van der Waals surface area contributed by atoms with Crippen LogP contribution in [0.4, 0.5) is 5.69 Å². The number of aryl methyl sites for hydroxylation is 2. The van der Waals surface area contributed by atoms with E-state index < -0.39 is 4.92 Å². The molecule has 6 heteroatoms. The van der Waals surface area contributed by atoms with Gasteiger partial charge in [-0.1, -0.05) is 0 Å². The first-order chi connectivity index (χ1) is 10.3. The second-order valence-corrected chi connectivity index (χ2v) is 6.09. The van der Waals surface area contributed by atoms with Crippen LogP contribution in [-0.4, -0.2) is 28.1 Å². The van der Waals surface area contributed by atoms with Gasteiger partial charge in [0.2, 0.25) is 0 Å². The molecule has 0 aliphatic heterocycles. The molecule has 1 aliphatic carbocycles. The summed E-state index contributed by atoms with van der Waals surface area (Å²) in [5.41, 5.74) is 2.13. The molecule has 1 aliphatic rings. The molecular formula is C16H22N2O4. The summed E-state index contributed by atoms with van der Waals surface area (Å²) in [6.07, 6.45) is 2.54. The number of aliphatic hydroxyl groups excluding tert-OH is 1. The molecule has 22 heavy (non-hydrogen) atoms. The van der Waals surface area contributed by atoms with Gasteiger partial charge < -0.3 is 10.4 Å². The highest BCUT2D eigenvalue weighted by atomic mass is 16.6. The van der Waals surface area contributed by atoms with Crippen molar-refractivity contribution >= 4 is 11.6 Å². The molecular weight excluding hydrogens is 284 g/mol. The SMILES string of the molecule is Cc1cc(C)c([N+](=O)[O-])c(C)c1C(=O)NC1CCC(O)CC1. The monoisotopic (exact) mass is 306 g/mol. The minimum absolute atomic E-state index is 0.00909. The fraction of sp³-hybridized carbons (Fsp3) is 0.562. The van der Waals surface area contributed by atoms with Crippen LogP contribution in [0.3, 0.4) is 0 Å². The number of amides is 1. The van der Waals surface area contributed by atoms with E-state index in [2.05, 4.69) is 5.32 Å². The van der Waals surface area contributed by atoms with Gasteiger partial charge in [-0.05, 0) is 58.1 Å². The number of carbonyl (C=O) groups is 1. The quantitative estimate of drug-likeness (QED) is 0.663. The minimum atomic E-state index is -0.433. The summed E-state index contributed by atoms with van der Waals surface area (Å²) in [4.78, 5) is 23.3. The van der Waals surface area contributed by atoms with E-state index in [0.29, 0.717) is 29.5 Å². The van der Waals surface area contributed by atoms with Crippen LogP contribution in [0.1, 0.15) is 52.7 Å². The third-order valence-corrected chi connectivity index (χ3v) is 4.37. The number of benzene rings is 1. The van der Waals surface area contributed by atoms with Crippen LogP contribution in [0, 0.1) is 30.9 Å². The minimum Gasteiger partial charge on any atom is -0.393 e. The third-order valence-electron chi connectivity index (χ3n) is 4.37. The molecule has 0 saturated heterocycles. The Labute approximate surface area is 129 Å². The van der Waals surface area contributed by atoms with Crippen LogP contribution in [0.5, 0.6) is 0 Å². The van der Waals surface area contributed by atoms with Gasteiger partial charge in [0.1, 0.15) is 0 Å². The number of nitro benzene ring substituents is 1. The number of rotatable bonds is 3. The molecule has 0 bridgehead atoms. The molecule has 0 radical (unpaired) electrons. The lowest BCUT2D eigenvalue weighted by Gasteiger charge is -2.26. The van der Waals surface area contributed by atoms with Crippen molar-refractivity contribution in [3.63, 3.8) is 0 Å². The molecule has 1 amide bonds. The number of aliphatic hydroxyl groups is 1. The summed E-state index contributed by atoms with van der Waals surface area (Å²) >= 11 is 0. The Balaban J connectivity index is 2.26. The molecule has 2 rings (SSSR count). The molecule has 0 aromatic heterocycles. The number of carbonyl (C=O) groups excluding carboxylic acids is 1. The average Bonchev–Trinajstić information content (AvgIpc) is 2.40. The largest absolute Gasteiger partial charge is 0.393 e. The zero-order valence-corrected chi connectivity index (χ0v) is 13.2. The van der Waals surface area contributed by atoms with E-state index in [1.54, 1.807) is 26.8 Å². The first-order valence-electron chi connectivity index (χ1n) is 7.55. The van der Waals surface area contributed by atoms with Gasteiger partial charge in [-0.15, -0.1) is 0 Å². The number of hydrogen-bond donors (Lipinski definition) is 2. The van der Waals surface area contributed by atoms with Crippen LogP contribution < -0.4 is 5.32 Å². The maximum atomic E-state index is 12.5. The number of nitrogens with one attached hydrogen (secondary N) is 1. The first-order valence-corrected chi connectivity index (χ1v) is 7.55. The molecule has 2 N–H and O–H groups in total. The second-order valence-electron chi connectivity index (χ2n) is 6.09. The predicted octanol–water partition coefficient (Wildman–Crippen LogP) is 2.55. The molecule has 1 saturated carbocycles. The van der Waals surface area contributed by atoms with Crippen molar-refractivity contribution in [2.75, 3.05) is 0 Å². The van der Waals surface area contributed by atoms with Crippen molar-refractivity contribution in [1.29, 1.82) is 0 Å². The maximum Gasteiger partial charge on any atom is 0.275 e. The lowest BCUT2D eigenvalue weighted by atomic mass is 9.92. The van der Waals surface area contributed by atoms with Crippen LogP contribution in [0.25, 0.3) is 0 Å². The highest BCUT2D eigenvalue weighted by Crippen LogP contribution is 2.29. The Morgan fingerprint density at radius 2 is 1.82 bits per heavy atom. The summed E-state index contributed by atoms with van der Waals surface area (Å²) in [6, 6.07) is 1.71. The predicted molar refractivity (Wildman–Crippen MR) is 83.0 cm³/mol. The Bertz CT molecular complexity index is 605. The Morgan fingerprint density at radius 3 is 2.36 bits per heavy atom. The van der Waals surface area contributed by atoms with Gasteiger partial charge in [-0.25, -0.2) is 0 Å². The normalized spacial score (nSPS) is 21.5. The Hall–Kier alpha value is -1.95. The van der Waals surface area contributed by atoms with E-state index in [0.717, 1.165) is 18.4 Å². The molecule has 1 fully saturated rings. The van der Waals surface area contributed by atoms with E-state index in [1.807, 2.05) is 0 Å². The molecule has 0 unspecified atom stereocenters. The highest BCUT2D eigenvalue weighted by molar-refractivity contribution is 5.98. The number of nitro groups is 1. The van der Waals surface area contributed by atoms with Crippen LogP contribution in [0.15, 0.2) is 6.07 Å². The van der Waals surface area contributed by atoms with Crippen molar-refractivity contribution in [2.24, 2.45) is 0 Å². The summed E-state index contributed by atoms with van der Waals surface area (Å²) in [5, 5.41) is 23.7. The standard InChI is InChI=1S/C16H22N2O4/c1-9-8-10(2)15(18(21)22)11(3)14(9)16(20)17-12-4-6-13(19)7-5-12/h8,12-13,19H,4-7H2,1-3H3,(H,17,20). The van der Waals surface area contributed by atoms with Gasteiger partial charge in [-0.3, -0.25) is 14.9 Å². The van der Waals surface area contributed by atoms with Gasteiger partial charge >= 0.3 is 0 Å². The molecule has 1 aromatic carbocycles. The maximum absolute atomic E-state index is 12.5. The van der Waals surface area contributed by atoms with Crippen molar-refractivity contribution in [3.8, 4) is 0 Å². The van der Waals surface area contributed by atoms with E-state index in [9.17, 15) is 20.0 Å². The molecule has 6 nitrogen and oxygen atoms in total. The highest BCUT2D eigenvalue weighted by Gasteiger charge is 2.26. The molecule has 0 atom stereocenters. The summed E-state index contributed by atoms with van der Waals surface area (Å²) < 4.78 is 0. The number of nitrogens with zero attached hydrogens (tertiary/aromatic N) is 1. The lowest BCUT2D eigenvalue weighted by Crippen LogP contribution is -2.39. The Kier molecular flexibility index (Phi) is 4.81. The Morgan fingerprint density at radius 1 is 1.23 bits per heavy atom. The van der Waals surface area contributed by atoms with Gasteiger partial charge in [0.05, 0.1) is 16.6 Å².